The normalized spacial score (nSPS) is 13.0. The summed E-state index contributed by atoms with van der Waals surface area (Å²) in [4.78, 5) is 10.6. The molecule has 0 saturated heterocycles. The molecule has 1 rings (SSSR count). The number of halogens is 1. The average molecular weight is 303 g/mol. The number of hydrogen-bond acceptors (Lipinski definition) is 4. The van der Waals surface area contributed by atoms with Crippen molar-refractivity contribution in [2.45, 2.75) is 17.9 Å². The first kappa shape index (κ1) is 15.4. The molecule has 1 N–H and O–H groups in total. The smallest absolute Gasteiger partial charge is 0.321 e. The van der Waals surface area contributed by atoms with Crippen LogP contribution in [0, 0.1) is 11.3 Å². The summed E-state index contributed by atoms with van der Waals surface area (Å²) in [6.45, 7) is 1.24. The number of benzene rings is 1. The van der Waals surface area contributed by atoms with E-state index in [1.165, 1.54) is 25.1 Å². The molecule has 0 saturated carbocycles. The van der Waals surface area contributed by atoms with Gasteiger partial charge < -0.3 is 5.11 Å². The van der Waals surface area contributed by atoms with Crippen LogP contribution in [0.4, 0.5) is 0 Å². The maximum absolute atomic E-state index is 12.2. The zero-order valence-electron chi connectivity index (χ0n) is 10.2. The second kappa shape index (κ2) is 5.57. The first-order valence-electron chi connectivity index (χ1n) is 5.12. The molecular weight excluding hydrogens is 292 g/mol. The number of sulfonamides is 1. The highest BCUT2D eigenvalue weighted by Gasteiger charge is 2.31. The van der Waals surface area contributed by atoms with Gasteiger partial charge in [-0.25, -0.2) is 8.42 Å². The summed E-state index contributed by atoms with van der Waals surface area (Å²) in [5.41, 5.74) is -0.128. The van der Waals surface area contributed by atoms with Crippen LogP contribution in [-0.4, -0.2) is 36.9 Å². The van der Waals surface area contributed by atoms with Crippen molar-refractivity contribution >= 4 is 27.6 Å². The van der Waals surface area contributed by atoms with Gasteiger partial charge in [-0.1, -0.05) is 11.6 Å². The molecule has 0 aliphatic carbocycles. The number of carboxylic acid groups (broad SMARTS) is 1. The Morgan fingerprint density at radius 3 is 2.58 bits per heavy atom. The fourth-order valence-corrected chi connectivity index (χ4v) is 2.94. The van der Waals surface area contributed by atoms with Crippen molar-refractivity contribution in [2.24, 2.45) is 0 Å². The highest BCUT2D eigenvalue weighted by molar-refractivity contribution is 7.89. The van der Waals surface area contributed by atoms with Gasteiger partial charge in [0, 0.05) is 12.1 Å². The molecule has 0 amide bonds. The van der Waals surface area contributed by atoms with E-state index in [-0.39, 0.29) is 15.5 Å². The van der Waals surface area contributed by atoms with Crippen LogP contribution in [0.25, 0.3) is 0 Å². The number of aliphatic carboxylic acids is 1. The van der Waals surface area contributed by atoms with Crippen molar-refractivity contribution in [1.29, 1.82) is 5.26 Å². The maximum atomic E-state index is 12.2. The Balaban J connectivity index is 3.37. The lowest BCUT2D eigenvalue weighted by molar-refractivity contribution is -0.140. The minimum atomic E-state index is -4.07. The first-order chi connectivity index (χ1) is 8.71. The van der Waals surface area contributed by atoms with Gasteiger partial charge in [-0.15, -0.1) is 0 Å². The number of nitrogens with zero attached hydrogens (tertiary/aromatic N) is 2. The van der Waals surface area contributed by atoms with E-state index in [1.807, 2.05) is 0 Å². The fourth-order valence-electron chi connectivity index (χ4n) is 1.33. The van der Waals surface area contributed by atoms with Gasteiger partial charge in [-0.2, -0.15) is 9.57 Å². The third-order valence-corrected chi connectivity index (χ3v) is 4.84. The molecular formula is C11H11ClN2O4S. The van der Waals surface area contributed by atoms with Gasteiger partial charge in [0.25, 0.3) is 0 Å². The largest absolute Gasteiger partial charge is 0.480 e. The predicted octanol–water partition coefficient (Wildman–Crippen LogP) is 1.31. The van der Waals surface area contributed by atoms with Crippen molar-refractivity contribution in [2.75, 3.05) is 7.05 Å². The third kappa shape index (κ3) is 3.04. The summed E-state index contributed by atoms with van der Waals surface area (Å²) in [6, 6.07) is 4.21. The minimum absolute atomic E-state index is 0.128. The molecule has 0 heterocycles. The maximum Gasteiger partial charge on any atom is 0.321 e. The van der Waals surface area contributed by atoms with E-state index < -0.39 is 22.0 Å². The highest BCUT2D eigenvalue weighted by atomic mass is 35.5. The lowest BCUT2D eigenvalue weighted by atomic mass is 10.2. The molecule has 0 aliphatic heterocycles. The lowest BCUT2D eigenvalue weighted by Crippen LogP contribution is -2.40. The van der Waals surface area contributed by atoms with E-state index in [4.69, 9.17) is 22.0 Å². The van der Waals surface area contributed by atoms with Crippen LogP contribution in [-0.2, 0) is 14.8 Å². The Hall–Kier alpha value is -1.62. The number of nitriles is 1. The number of carbonyl (C=O) groups is 1. The Bertz CT molecular complexity index is 651. The quantitative estimate of drug-likeness (QED) is 0.904. The molecule has 6 nitrogen and oxygen atoms in total. The molecule has 1 aromatic rings. The van der Waals surface area contributed by atoms with Crippen molar-refractivity contribution in [1.82, 2.24) is 4.31 Å². The van der Waals surface area contributed by atoms with E-state index >= 15 is 0 Å². The van der Waals surface area contributed by atoms with Crippen molar-refractivity contribution in [3.63, 3.8) is 0 Å². The fraction of sp³-hybridized carbons (Fsp3) is 0.273. The topological polar surface area (TPSA) is 98.5 Å². The molecule has 0 radical (unpaired) electrons. The Kier molecular flexibility index (Phi) is 4.52. The van der Waals surface area contributed by atoms with Crippen LogP contribution in [0.15, 0.2) is 23.1 Å². The summed E-state index contributed by atoms with van der Waals surface area (Å²) in [7, 11) is -2.93. The third-order valence-electron chi connectivity index (χ3n) is 2.62. The summed E-state index contributed by atoms with van der Waals surface area (Å²) in [5, 5.41) is 18.0. The molecule has 0 aromatic heterocycles. The Morgan fingerprint density at radius 2 is 2.11 bits per heavy atom. The standard InChI is InChI=1S/C11H11ClN2O4S/c1-7(11(15)16)14(2)19(17,18)10-4-3-9(12)5-8(10)6-13/h3-5,7H,1-2H3,(H,15,16). The minimum Gasteiger partial charge on any atom is -0.480 e. The van der Waals surface area contributed by atoms with Crippen LogP contribution in [0.2, 0.25) is 5.02 Å². The summed E-state index contributed by atoms with van der Waals surface area (Å²) < 4.78 is 25.2. The van der Waals surface area contributed by atoms with Crippen molar-refractivity contribution < 1.29 is 18.3 Å². The number of hydrogen-bond donors (Lipinski definition) is 1. The zero-order valence-corrected chi connectivity index (χ0v) is 11.7. The average Bonchev–Trinajstić information content (AvgIpc) is 2.36. The molecule has 0 fully saturated rings. The van der Waals surface area contributed by atoms with Crippen LogP contribution in [0.5, 0.6) is 0 Å². The highest BCUT2D eigenvalue weighted by Crippen LogP contribution is 2.23. The summed E-state index contributed by atoms with van der Waals surface area (Å²) in [6.07, 6.45) is 0. The summed E-state index contributed by atoms with van der Waals surface area (Å²) in [5.74, 6) is -1.28. The Morgan fingerprint density at radius 1 is 1.53 bits per heavy atom. The van der Waals surface area contributed by atoms with Crippen LogP contribution >= 0.6 is 11.6 Å². The van der Waals surface area contributed by atoms with Gasteiger partial charge >= 0.3 is 5.97 Å². The molecule has 1 atom stereocenters. The molecule has 0 aliphatic rings. The first-order valence-corrected chi connectivity index (χ1v) is 6.94. The monoisotopic (exact) mass is 302 g/mol. The van der Waals surface area contributed by atoms with Gasteiger partial charge in [0.15, 0.2) is 0 Å². The van der Waals surface area contributed by atoms with Crippen molar-refractivity contribution in [3.05, 3.63) is 28.8 Å². The van der Waals surface area contributed by atoms with E-state index in [0.29, 0.717) is 4.31 Å². The molecule has 102 valence electrons. The van der Waals surface area contributed by atoms with Gasteiger partial charge in [-0.3, -0.25) is 4.79 Å². The van der Waals surface area contributed by atoms with Gasteiger partial charge in [0.2, 0.25) is 10.0 Å². The van der Waals surface area contributed by atoms with E-state index in [2.05, 4.69) is 0 Å². The number of carboxylic acids is 1. The van der Waals surface area contributed by atoms with Gasteiger partial charge in [-0.05, 0) is 25.1 Å². The molecule has 1 aromatic carbocycles. The number of likely N-dealkylation sites (N-methyl/N-ethyl adjacent to an activating group) is 1. The molecule has 8 heteroatoms. The SMILES string of the molecule is CC(C(=O)O)N(C)S(=O)(=O)c1ccc(Cl)cc1C#N. The second-order valence-electron chi connectivity index (χ2n) is 3.79. The van der Waals surface area contributed by atoms with Crippen LogP contribution < -0.4 is 0 Å². The zero-order chi connectivity index (χ0) is 14.8. The predicted molar refractivity (Wildman–Crippen MR) is 68.2 cm³/mol. The van der Waals surface area contributed by atoms with E-state index in [9.17, 15) is 13.2 Å². The molecule has 19 heavy (non-hydrogen) atoms. The second-order valence-corrected chi connectivity index (χ2v) is 6.19. The van der Waals surface area contributed by atoms with Gasteiger partial charge in [0.05, 0.1) is 5.56 Å². The van der Waals surface area contributed by atoms with Crippen LogP contribution in [0.3, 0.4) is 0 Å². The number of rotatable bonds is 4. The van der Waals surface area contributed by atoms with Gasteiger partial charge in [0.1, 0.15) is 17.0 Å². The Labute approximate surface area is 115 Å². The lowest BCUT2D eigenvalue weighted by Gasteiger charge is -2.21. The summed E-state index contributed by atoms with van der Waals surface area (Å²) >= 11 is 5.68. The molecule has 1 unspecified atom stereocenters. The molecule has 0 bridgehead atoms. The van der Waals surface area contributed by atoms with Crippen molar-refractivity contribution in [3.8, 4) is 6.07 Å². The molecule has 0 spiro atoms. The van der Waals surface area contributed by atoms with E-state index in [1.54, 1.807) is 6.07 Å². The van der Waals surface area contributed by atoms with Crippen LogP contribution in [0.1, 0.15) is 12.5 Å². The van der Waals surface area contributed by atoms with E-state index in [0.717, 1.165) is 7.05 Å².